The van der Waals surface area contributed by atoms with Gasteiger partial charge in [-0.15, -0.1) is 0 Å². The molecule has 0 atom stereocenters. The van der Waals surface area contributed by atoms with Gasteiger partial charge in [-0.05, 0) is 23.6 Å². The van der Waals surface area contributed by atoms with Crippen LogP contribution in [0.4, 0.5) is 0 Å². The predicted molar refractivity (Wildman–Crippen MR) is 61.7 cm³/mol. The molecule has 2 aromatic rings. The molecular formula is C13H15NO. The van der Waals surface area contributed by atoms with E-state index >= 15 is 0 Å². The van der Waals surface area contributed by atoms with Gasteiger partial charge in [-0.1, -0.05) is 31.5 Å². The molecule has 0 unspecified atom stereocenters. The first-order chi connectivity index (χ1) is 7.36. The maximum atomic E-state index is 9.42. The molecule has 78 valence electrons. The summed E-state index contributed by atoms with van der Waals surface area (Å²) in [4.78, 5) is 4.40. The van der Waals surface area contributed by atoms with E-state index in [-0.39, 0.29) is 6.61 Å². The SMILES string of the molecule is CCCc1cnc2ccccc2c1CO. The molecule has 0 amide bonds. The van der Waals surface area contributed by atoms with Crippen molar-refractivity contribution in [2.24, 2.45) is 0 Å². The molecule has 1 N–H and O–H groups in total. The number of fused-ring (bicyclic) bond motifs is 1. The molecule has 0 fully saturated rings. The highest BCUT2D eigenvalue weighted by Gasteiger charge is 2.06. The fourth-order valence-electron chi connectivity index (χ4n) is 1.91. The third kappa shape index (κ3) is 1.85. The Morgan fingerprint density at radius 3 is 2.80 bits per heavy atom. The second-order valence-electron chi connectivity index (χ2n) is 3.69. The Bertz CT molecular complexity index is 465. The van der Waals surface area contributed by atoms with Crippen LogP contribution in [0.3, 0.4) is 0 Å². The van der Waals surface area contributed by atoms with E-state index in [4.69, 9.17) is 0 Å². The van der Waals surface area contributed by atoms with Crippen LogP contribution in [0.25, 0.3) is 10.9 Å². The van der Waals surface area contributed by atoms with Gasteiger partial charge in [-0.3, -0.25) is 4.98 Å². The van der Waals surface area contributed by atoms with Crippen LogP contribution in [0, 0.1) is 0 Å². The lowest BCUT2D eigenvalue weighted by molar-refractivity contribution is 0.282. The minimum absolute atomic E-state index is 0.0956. The van der Waals surface area contributed by atoms with E-state index < -0.39 is 0 Å². The lowest BCUT2D eigenvalue weighted by atomic mass is 10.0. The maximum absolute atomic E-state index is 9.42. The summed E-state index contributed by atoms with van der Waals surface area (Å²) in [5, 5.41) is 10.5. The molecule has 2 heteroatoms. The van der Waals surface area contributed by atoms with Crippen molar-refractivity contribution in [1.82, 2.24) is 4.98 Å². The first-order valence-electron chi connectivity index (χ1n) is 5.33. The highest BCUT2D eigenvalue weighted by atomic mass is 16.3. The average Bonchev–Trinajstić information content (AvgIpc) is 2.29. The fraction of sp³-hybridized carbons (Fsp3) is 0.308. The van der Waals surface area contributed by atoms with Crippen LogP contribution in [0.5, 0.6) is 0 Å². The minimum Gasteiger partial charge on any atom is -0.392 e. The van der Waals surface area contributed by atoms with Gasteiger partial charge in [0.2, 0.25) is 0 Å². The molecular weight excluding hydrogens is 186 g/mol. The van der Waals surface area contributed by atoms with E-state index in [2.05, 4.69) is 11.9 Å². The molecule has 0 aliphatic heterocycles. The van der Waals surface area contributed by atoms with Crippen molar-refractivity contribution >= 4 is 10.9 Å². The number of benzene rings is 1. The largest absolute Gasteiger partial charge is 0.392 e. The fourth-order valence-corrected chi connectivity index (χ4v) is 1.91. The number of aryl methyl sites for hydroxylation is 1. The summed E-state index contributed by atoms with van der Waals surface area (Å²) in [5.74, 6) is 0. The topological polar surface area (TPSA) is 33.1 Å². The van der Waals surface area contributed by atoms with Gasteiger partial charge >= 0.3 is 0 Å². The third-order valence-corrected chi connectivity index (χ3v) is 2.65. The normalized spacial score (nSPS) is 10.8. The number of nitrogens with zero attached hydrogens (tertiary/aromatic N) is 1. The first-order valence-corrected chi connectivity index (χ1v) is 5.33. The van der Waals surface area contributed by atoms with Crippen LogP contribution in [-0.4, -0.2) is 10.1 Å². The molecule has 0 spiro atoms. The van der Waals surface area contributed by atoms with Crippen LogP contribution in [0.1, 0.15) is 24.5 Å². The number of hydrogen-bond donors (Lipinski definition) is 1. The Hall–Kier alpha value is -1.41. The number of aromatic nitrogens is 1. The molecule has 0 radical (unpaired) electrons. The molecule has 1 heterocycles. The van der Waals surface area contributed by atoms with Crippen molar-refractivity contribution in [2.75, 3.05) is 0 Å². The number of aliphatic hydroxyl groups excluding tert-OH is 1. The Morgan fingerprint density at radius 2 is 2.07 bits per heavy atom. The van der Waals surface area contributed by atoms with Crippen LogP contribution in [-0.2, 0) is 13.0 Å². The van der Waals surface area contributed by atoms with E-state index in [1.54, 1.807) is 0 Å². The third-order valence-electron chi connectivity index (χ3n) is 2.65. The molecule has 0 bridgehead atoms. The summed E-state index contributed by atoms with van der Waals surface area (Å²) in [5.41, 5.74) is 3.16. The summed E-state index contributed by atoms with van der Waals surface area (Å²) in [7, 11) is 0. The molecule has 0 aliphatic rings. The number of hydrogen-bond acceptors (Lipinski definition) is 2. The average molecular weight is 201 g/mol. The van der Waals surface area contributed by atoms with Gasteiger partial charge in [0.1, 0.15) is 0 Å². The Labute approximate surface area is 89.6 Å². The Morgan fingerprint density at radius 1 is 1.27 bits per heavy atom. The summed E-state index contributed by atoms with van der Waals surface area (Å²) in [6.07, 6.45) is 3.94. The van der Waals surface area contributed by atoms with Gasteiger partial charge in [0.25, 0.3) is 0 Å². The highest BCUT2D eigenvalue weighted by Crippen LogP contribution is 2.21. The van der Waals surface area contributed by atoms with Gasteiger partial charge < -0.3 is 5.11 Å². The highest BCUT2D eigenvalue weighted by molar-refractivity contribution is 5.82. The van der Waals surface area contributed by atoms with E-state index in [0.29, 0.717) is 0 Å². The number of aliphatic hydroxyl groups is 1. The zero-order valence-corrected chi connectivity index (χ0v) is 8.90. The molecule has 0 aliphatic carbocycles. The van der Waals surface area contributed by atoms with Crippen LogP contribution >= 0.6 is 0 Å². The zero-order valence-electron chi connectivity index (χ0n) is 8.90. The van der Waals surface area contributed by atoms with Crippen LogP contribution < -0.4 is 0 Å². The van der Waals surface area contributed by atoms with Gasteiger partial charge in [-0.25, -0.2) is 0 Å². The summed E-state index contributed by atoms with van der Waals surface area (Å²) in [6.45, 7) is 2.23. The second kappa shape index (κ2) is 4.41. The molecule has 0 saturated carbocycles. The second-order valence-corrected chi connectivity index (χ2v) is 3.69. The molecule has 2 nitrogen and oxygen atoms in total. The van der Waals surface area contributed by atoms with Crippen molar-refractivity contribution in [3.8, 4) is 0 Å². The molecule has 1 aromatic carbocycles. The van der Waals surface area contributed by atoms with Crippen molar-refractivity contribution in [2.45, 2.75) is 26.4 Å². The number of pyridine rings is 1. The quantitative estimate of drug-likeness (QED) is 0.828. The van der Waals surface area contributed by atoms with Crippen molar-refractivity contribution < 1.29 is 5.11 Å². The predicted octanol–water partition coefficient (Wildman–Crippen LogP) is 2.68. The minimum atomic E-state index is 0.0956. The first kappa shape index (κ1) is 10.1. The van der Waals surface area contributed by atoms with E-state index in [9.17, 15) is 5.11 Å². The van der Waals surface area contributed by atoms with E-state index in [1.165, 1.54) is 5.56 Å². The van der Waals surface area contributed by atoms with Crippen LogP contribution in [0.2, 0.25) is 0 Å². The zero-order chi connectivity index (χ0) is 10.7. The maximum Gasteiger partial charge on any atom is 0.0705 e. The van der Waals surface area contributed by atoms with E-state index in [1.807, 2.05) is 30.5 Å². The summed E-state index contributed by atoms with van der Waals surface area (Å²) >= 11 is 0. The molecule has 2 rings (SSSR count). The van der Waals surface area contributed by atoms with Crippen molar-refractivity contribution in [3.05, 3.63) is 41.6 Å². The number of rotatable bonds is 3. The smallest absolute Gasteiger partial charge is 0.0705 e. The van der Waals surface area contributed by atoms with Gasteiger partial charge in [0.05, 0.1) is 12.1 Å². The van der Waals surface area contributed by atoms with Gasteiger partial charge in [0, 0.05) is 11.6 Å². The lowest BCUT2D eigenvalue weighted by Gasteiger charge is -2.09. The van der Waals surface area contributed by atoms with Crippen LogP contribution in [0.15, 0.2) is 30.5 Å². The van der Waals surface area contributed by atoms with Crippen molar-refractivity contribution in [1.29, 1.82) is 0 Å². The molecule has 15 heavy (non-hydrogen) atoms. The Kier molecular flexibility index (Phi) is 2.97. The summed E-state index contributed by atoms with van der Waals surface area (Å²) < 4.78 is 0. The standard InChI is InChI=1S/C13H15NO/c1-2-5-10-8-14-13-7-4-3-6-11(13)12(10)9-15/h3-4,6-8,15H,2,5,9H2,1H3. The summed E-state index contributed by atoms with van der Waals surface area (Å²) in [6, 6.07) is 7.95. The van der Waals surface area contributed by atoms with E-state index in [0.717, 1.165) is 29.3 Å². The molecule has 0 saturated heterocycles. The lowest BCUT2D eigenvalue weighted by Crippen LogP contribution is -1.97. The molecule has 1 aromatic heterocycles. The van der Waals surface area contributed by atoms with Crippen molar-refractivity contribution in [3.63, 3.8) is 0 Å². The van der Waals surface area contributed by atoms with Gasteiger partial charge in [0.15, 0.2) is 0 Å². The Balaban J connectivity index is 2.64. The number of para-hydroxylation sites is 1. The van der Waals surface area contributed by atoms with Gasteiger partial charge in [-0.2, -0.15) is 0 Å². The monoisotopic (exact) mass is 201 g/mol.